The molecule has 0 aromatic heterocycles. The van der Waals surface area contributed by atoms with Gasteiger partial charge in [0.1, 0.15) is 0 Å². The zero-order valence-corrected chi connectivity index (χ0v) is 18.0. The number of carbonyl (C=O) groups is 1. The number of methoxy groups -OCH3 is 2. The Bertz CT molecular complexity index is 944. The van der Waals surface area contributed by atoms with Crippen LogP contribution in [0.1, 0.15) is 18.5 Å². The van der Waals surface area contributed by atoms with Gasteiger partial charge in [0.2, 0.25) is 0 Å². The summed E-state index contributed by atoms with van der Waals surface area (Å²) < 4.78 is 11.9. The number of hydrogen-bond donors (Lipinski definition) is 3. The zero-order valence-electron chi connectivity index (χ0n) is 15.6. The van der Waals surface area contributed by atoms with Crippen LogP contribution in [0.2, 0.25) is 0 Å². The molecule has 0 radical (unpaired) electrons. The van der Waals surface area contributed by atoms with E-state index in [-0.39, 0.29) is 5.91 Å². The minimum absolute atomic E-state index is 0.239. The lowest BCUT2D eigenvalue weighted by molar-refractivity contribution is -0.113. The van der Waals surface area contributed by atoms with E-state index in [1.54, 1.807) is 20.3 Å². The van der Waals surface area contributed by atoms with Crippen LogP contribution in [-0.2, 0) is 4.79 Å². The molecule has 0 fully saturated rings. The average molecular weight is 462 g/mol. The number of rotatable bonds is 5. The van der Waals surface area contributed by atoms with E-state index in [4.69, 9.17) is 21.7 Å². The first-order chi connectivity index (χ1) is 13.4. The van der Waals surface area contributed by atoms with Gasteiger partial charge in [-0.1, -0.05) is 28.1 Å². The van der Waals surface area contributed by atoms with Crippen LogP contribution in [0.5, 0.6) is 11.5 Å². The molecule has 28 heavy (non-hydrogen) atoms. The number of halogens is 1. The molecular weight excluding hydrogens is 442 g/mol. The first-order valence-electron chi connectivity index (χ1n) is 8.50. The molecule has 0 spiro atoms. The molecule has 1 atom stereocenters. The zero-order chi connectivity index (χ0) is 20.3. The minimum Gasteiger partial charge on any atom is -0.493 e. The summed E-state index contributed by atoms with van der Waals surface area (Å²) in [5, 5.41) is 9.58. The van der Waals surface area contributed by atoms with Crippen molar-refractivity contribution in [2.75, 3.05) is 19.5 Å². The SMILES string of the molecule is COc1cccc([C@@H]2NC(=S)NC(C)=C2C(=O)Nc2ccc(Br)cc2)c1OC. The molecule has 0 saturated carbocycles. The van der Waals surface area contributed by atoms with Crippen LogP contribution in [0.15, 0.2) is 58.2 Å². The number of benzene rings is 2. The Kier molecular flexibility index (Phi) is 6.21. The monoisotopic (exact) mass is 461 g/mol. The van der Waals surface area contributed by atoms with Gasteiger partial charge in [-0.3, -0.25) is 4.79 Å². The summed E-state index contributed by atoms with van der Waals surface area (Å²) in [6.45, 7) is 1.82. The van der Waals surface area contributed by atoms with Crippen LogP contribution in [0.4, 0.5) is 5.69 Å². The fourth-order valence-corrected chi connectivity index (χ4v) is 3.63. The summed E-state index contributed by atoms with van der Waals surface area (Å²) in [7, 11) is 3.14. The Morgan fingerprint density at radius 2 is 1.86 bits per heavy atom. The highest BCUT2D eigenvalue weighted by Crippen LogP contribution is 2.39. The molecule has 0 saturated heterocycles. The number of allylic oxidation sites excluding steroid dienone is 1. The minimum atomic E-state index is -0.491. The van der Waals surface area contributed by atoms with E-state index >= 15 is 0 Å². The quantitative estimate of drug-likeness (QED) is 0.586. The molecule has 0 aliphatic carbocycles. The van der Waals surface area contributed by atoms with Crippen LogP contribution < -0.4 is 25.4 Å². The molecule has 6 nitrogen and oxygen atoms in total. The molecule has 0 bridgehead atoms. The topological polar surface area (TPSA) is 71.6 Å². The van der Waals surface area contributed by atoms with Crippen LogP contribution in [0, 0.1) is 0 Å². The second kappa shape index (κ2) is 8.62. The fraction of sp³-hybridized carbons (Fsp3) is 0.200. The van der Waals surface area contributed by atoms with Gasteiger partial charge in [0, 0.05) is 21.4 Å². The van der Waals surface area contributed by atoms with E-state index in [1.165, 1.54) is 0 Å². The molecule has 2 aromatic rings. The highest BCUT2D eigenvalue weighted by molar-refractivity contribution is 9.10. The molecule has 1 amide bonds. The summed E-state index contributed by atoms with van der Waals surface area (Å²) in [4.78, 5) is 13.1. The Labute approximate surface area is 177 Å². The number of ether oxygens (including phenoxy) is 2. The highest BCUT2D eigenvalue weighted by atomic mass is 79.9. The number of para-hydroxylation sites is 1. The number of nitrogens with one attached hydrogen (secondary N) is 3. The van der Waals surface area contributed by atoms with Crippen molar-refractivity contribution in [2.24, 2.45) is 0 Å². The van der Waals surface area contributed by atoms with E-state index in [2.05, 4.69) is 31.9 Å². The van der Waals surface area contributed by atoms with Crippen molar-refractivity contribution in [1.82, 2.24) is 10.6 Å². The molecular formula is C20H20BrN3O3S. The molecule has 3 N–H and O–H groups in total. The molecule has 8 heteroatoms. The van der Waals surface area contributed by atoms with Gasteiger partial charge in [-0.15, -0.1) is 0 Å². The van der Waals surface area contributed by atoms with Crippen molar-refractivity contribution in [1.29, 1.82) is 0 Å². The van der Waals surface area contributed by atoms with Gasteiger partial charge in [0.05, 0.1) is 25.8 Å². The Morgan fingerprint density at radius 3 is 2.50 bits per heavy atom. The van der Waals surface area contributed by atoms with Gasteiger partial charge in [0.15, 0.2) is 16.6 Å². The van der Waals surface area contributed by atoms with E-state index in [0.717, 1.165) is 10.0 Å². The van der Waals surface area contributed by atoms with Crippen LogP contribution in [-0.4, -0.2) is 25.2 Å². The Morgan fingerprint density at radius 1 is 1.14 bits per heavy atom. The third-order valence-corrected chi connectivity index (χ3v) is 5.11. The number of carbonyl (C=O) groups excluding carboxylic acids is 1. The first kappa shape index (κ1) is 20.2. The second-order valence-electron chi connectivity index (χ2n) is 6.11. The molecule has 0 unspecified atom stereocenters. The molecule has 1 aliphatic heterocycles. The van der Waals surface area contributed by atoms with Crippen molar-refractivity contribution in [3.05, 3.63) is 63.8 Å². The lowest BCUT2D eigenvalue weighted by Gasteiger charge is -2.31. The fourth-order valence-electron chi connectivity index (χ4n) is 3.10. The highest BCUT2D eigenvalue weighted by Gasteiger charge is 2.32. The summed E-state index contributed by atoms with van der Waals surface area (Å²) >= 11 is 8.71. The lowest BCUT2D eigenvalue weighted by atomic mass is 9.94. The van der Waals surface area contributed by atoms with Gasteiger partial charge < -0.3 is 25.4 Å². The normalized spacial score (nSPS) is 16.1. The van der Waals surface area contributed by atoms with Crippen molar-refractivity contribution in [3.8, 4) is 11.5 Å². The first-order valence-corrected chi connectivity index (χ1v) is 9.70. The van der Waals surface area contributed by atoms with E-state index < -0.39 is 6.04 Å². The number of thiocarbonyl (C=S) groups is 1. The van der Waals surface area contributed by atoms with Gasteiger partial charge in [0.25, 0.3) is 5.91 Å². The third-order valence-electron chi connectivity index (χ3n) is 4.36. The Hall–Kier alpha value is -2.58. The molecule has 146 valence electrons. The smallest absolute Gasteiger partial charge is 0.255 e. The van der Waals surface area contributed by atoms with Crippen molar-refractivity contribution in [3.63, 3.8) is 0 Å². The molecule has 2 aromatic carbocycles. The summed E-state index contributed by atoms with van der Waals surface area (Å²) in [5.74, 6) is 0.891. The summed E-state index contributed by atoms with van der Waals surface area (Å²) in [6.07, 6.45) is 0. The maximum absolute atomic E-state index is 13.1. The average Bonchev–Trinajstić information content (AvgIpc) is 2.68. The summed E-state index contributed by atoms with van der Waals surface area (Å²) in [5.41, 5.74) is 2.64. The van der Waals surface area contributed by atoms with Gasteiger partial charge in [-0.05, 0) is 49.5 Å². The number of anilines is 1. The predicted octanol–water partition coefficient (Wildman–Crippen LogP) is 3.90. The van der Waals surface area contributed by atoms with Crippen molar-refractivity contribution < 1.29 is 14.3 Å². The largest absolute Gasteiger partial charge is 0.493 e. The van der Waals surface area contributed by atoms with E-state index in [1.807, 2.05) is 43.3 Å². The second-order valence-corrected chi connectivity index (χ2v) is 7.44. The van der Waals surface area contributed by atoms with Crippen molar-refractivity contribution in [2.45, 2.75) is 13.0 Å². The van der Waals surface area contributed by atoms with Gasteiger partial charge >= 0.3 is 0 Å². The standard InChI is InChI=1S/C20H20BrN3O3S/c1-11-16(19(25)23-13-9-7-12(21)8-10-13)17(24-20(28)22-11)14-5-4-6-15(26-2)18(14)27-3/h4-10,17H,1-3H3,(H,23,25)(H2,22,24,28)/t17-/m0/s1. The van der Waals surface area contributed by atoms with Crippen LogP contribution >= 0.6 is 28.1 Å². The van der Waals surface area contributed by atoms with Crippen LogP contribution in [0.3, 0.4) is 0 Å². The number of hydrogen-bond acceptors (Lipinski definition) is 4. The van der Waals surface area contributed by atoms with E-state index in [9.17, 15) is 4.79 Å². The third kappa shape index (κ3) is 4.13. The molecule has 3 rings (SSSR count). The maximum Gasteiger partial charge on any atom is 0.255 e. The van der Waals surface area contributed by atoms with Gasteiger partial charge in [-0.2, -0.15) is 0 Å². The van der Waals surface area contributed by atoms with E-state index in [0.29, 0.717) is 33.6 Å². The summed E-state index contributed by atoms with van der Waals surface area (Å²) in [6, 6.07) is 12.4. The lowest BCUT2D eigenvalue weighted by Crippen LogP contribution is -2.45. The van der Waals surface area contributed by atoms with Crippen molar-refractivity contribution >= 4 is 44.9 Å². The maximum atomic E-state index is 13.1. The number of amides is 1. The van der Waals surface area contributed by atoms with Gasteiger partial charge in [-0.25, -0.2) is 0 Å². The van der Waals surface area contributed by atoms with Crippen LogP contribution in [0.25, 0.3) is 0 Å². The molecule has 1 aliphatic rings. The predicted molar refractivity (Wildman–Crippen MR) is 117 cm³/mol. The Balaban J connectivity index is 2.02. The molecule has 1 heterocycles.